The van der Waals surface area contributed by atoms with Crippen LogP contribution in [0.1, 0.15) is 24.5 Å². The van der Waals surface area contributed by atoms with E-state index in [1.165, 1.54) is 6.92 Å². The number of carbonyl (C=O) groups excluding carboxylic acids is 2. The summed E-state index contributed by atoms with van der Waals surface area (Å²) in [6.07, 6.45) is 0.459. The van der Waals surface area contributed by atoms with Gasteiger partial charge in [0.05, 0.1) is 13.2 Å². The number of benzene rings is 1. The molecule has 0 saturated carbocycles. The van der Waals surface area contributed by atoms with Crippen molar-refractivity contribution in [2.45, 2.75) is 19.9 Å². The molecular formula is C15H18N2O3. The molecule has 0 atom stereocenters. The summed E-state index contributed by atoms with van der Waals surface area (Å²) in [4.78, 5) is 22.0. The van der Waals surface area contributed by atoms with Crippen molar-refractivity contribution in [2.24, 2.45) is 0 Å². The van der Waals surface area contributed by atoms with Crippen LogP contribution in [-0.2, 0) is 16.1 Å². The normalized spacial score (nSPS) is 9.30. The highest BCUT2D eigenvalue weighted by Gasteiger charge is 2.01. The number of aliphatic hydroxyl groups is 1. The predicted molar refractivity (Wildman–Crippen MR) is 75.6 cm³/mol. The van der Waals surface area contributed by atoms with Gasteiger partial charge in [-0.2, -0.15) is 0 Å². The van der Waals surface area contributed by atoms with E-state index in [1.54, 1.807) is 0 Å². The van der Waals surface area contributed by atoms with Gasteiger partial charge in [-0.3, -0.25) is 9.59 Å². The van der Waals surface area contributed by atoms with Crippen LogP contribution in [-0.4, -0.2) is 30.1 Å². The molecule has 1 rings (SSSR count). The van der Waals surface area contributed by atoms with Crippen molar-refractivity contribution in [1.82, 2.24) is 10.6 Å². The molecule has 0 aromatic heterocycles. The molecule has 0 spiro atoms. The molecule has 0 radical (unpaired) electrons. The van der Waals surface area contributed by atoms with Crippen LogP contribution in [0.25, 0.3) is 0 Å². The van der Waals surface area contributed by atoms with Crippen molar-refractivity contribution in [3.63, 3.8) is 0 Å². The zero-order chi connectivity index (χ0) is 14.8. The highest BCUT2D eigenvalue weighted by molar-refractivity contribution is 5.83. The molecule has 5 heteroatoms. The molecule has 1 aromatic rings. The molecule has 1 aromatic carbocycles. The third-order valence-corrected chi connectivity index (χ3v) is 2.41. The Morgan fingerprint density at radius 1 is 1.20 bits per heavy atom. The SMILES string of the molecule is CC(=O)NCC(=O)NCc1ccc(C#CCCO)cc1. The Morgan fingerprint density at radius 3 is 2.50 bits per heavy atom. The lowest BCUT2D eigenvalue weighted by Crippen LogP contribution is -2.35. The molecule has 5 nitrogen and oxygen atoms in total. The summed E-state index contributed by atoms with van der Waals surface area (Å²) in [6.45, 7) is 1.82. The van der Waals surface area contributed by atoms with Crippen LogP contribution in [0.4, 0.5) is 0 Å². The average molecular weight is 274 g/mol. The number of aliphatic hydroxyl groups excluding tert-OH is 1. The van der Waals surface area contributed by atoms with E-state index in [1.807, 2.05) is 24.3 Å². The Balaban J connectivity index is 2.40. The number of carbonyl (C=O) groups is 2. The van der Waals surface area contributed by atoms with Crippen molar-refractivity contribution in [2.75, 3.05) is 13.2 Å². The molecule has 2 amide bonds. The Bertz CT molecular complexity index is 512. The zero-order valence-electron chi connectivity index (χ0n) is 11.4. The van der Waals surface area contributed by atoms with Crippen molar-refractivity contribution in [1.29, 1.82) is 0 Å². The van der Waals surface area contributed by atoms with Crippen LogP contribution in [0.2, 0.25) is 0 Å². The first-order chi connectivity index (χ1) is 9.61. The summed E-state index contributed by atoms with van der Waals surface area (Å²) in [7, 11) is 0. The third kappa shape index (κ3) is 6.57. The van der Waals surface area contributed by atoms with Crippen molar-refractivity contribution >= 4 is 11.8 Å². The number of nitrogens with one attached hydrogen (secondary N) is 2. The van der Waals surface area contributed by atoms with Gasteiger partial charge >= 0.3 is 0 Å². The van der Waals surface area contributed by atoms with E-state index in [-0.39, 0.29) is 25.0 Å². The van der Waals surface area contributed by atoms with Crippen LogP contribution in [0.5, 0.6) is 0 Å². The van der Waals surface area contributed by atoms with Crippen molar-refractivity contribution < 1.29 is 14.7 Å². The number of hydrogen-bond acceptors (Lipinski definition) is 3. The molecule has 20 heavy (non-hydrogen) atoms. The highest BCUT2D eigenvalue weighted by atomic mass is 16.2. The first-order valence-electron chi connectivity index (χ1n) is 6.31. The van der Waals surface area contributed by atoms with Crippen LogP contribution < -0.4 is 10.6 Å². The fourth-order valence-electron chi connectivity index (χ4n) is 1.39. The summed E-state index contributed by atoms with van der Waals surface area (Å²) in [5, 5.41) is 13.8. The maximum Gasteiger partial charge on any atom is 0.239 e. The molecule has 0 aliphatic carbocycles. The molecule has 0 bridgehead atoms. The molecule has 0 saturated heterocycles. The van der Waals surface area contributed by atoms with Gasteiger partial charge in [0.25, 0.3) is 0 Å². The van der Waals surface area contributed by atoms with E-state index in [4.69, 9.17) is 5.11 Å². The smallest absolute Gasteiger partial charge is 0.239 e. The molecule has 0 unspecified atom stereocenters. The van der Waals surface area contributed by atoms with E-state index in [0.717, 1.165) is 11.1 Å². The summed E-state index contributed by atoms with van der Waals surface area (Å²) in [5.41, 5.74) is 1.82. The van der Waals surface area contributed by atoms with E-state index >= 15 is 0 Å². The summed E-state index contributed by atoms with van der Waals surface area (Å²) < 4.78 is 0. The van der Waals surface area contributed by atoms with Gasteiger partial charge in [-0.1, -0.05) is 24.0 Å². The third-order valence-electron chi connectivity index (χ3n) is 2.41. The van der Waals surface area contributed by atoms with Crippen molar-refractivity contribution in [3.05, 3.63) is 35.4 Å². The van der Waals surface area contributed by atoms with Gasteiger partial charge in [0.15, 0.2) is 0 Å². The van der Waals surface area contributed by atoms with E-state index in [9.17, 15) is 9.59 Å². The fourth-order valence-corrected chi connectivity index (χ4v) is 1.39. The second-order valence-corrected chi connectivity index (χ2v) is 4.16. The highest BCUT2D eigenvalue weighted by Crippen LogP contribution is 2.03. The van der Waals surface area contributed by atoms with Crippen LogP contribution >= 0.6 is 0 Å². The second kappa shape index (κ2) is 8.73. The quantitative estimate of drug-likeness (QED) is 0.670. The summed E-state index contributed by atoms with van der Waals surface area (Å²) in [6, 6.07) is 7.47. The number of rotatable bonds is 5. The first-order valence-corrected chi connectivity index (χ1v) is 6.31. The Kier molecular flexibility index (Phi) is 6.87. The summed E-state index contributed by atoms with van der Waals surface area (Å²) in [5.74, 6) is 5.30. The molecule has 0 fully saturated rings. The maximum atomic E-state index is 11.4. The fraction of sp³-hybridized carbons (Fsp3) is 0.333. The lowest BCUT2D eigenvalue weighted by molar-refractivity contribution is -0.125. The van der Waals surface area contributed by atoms with Gasteiger partial charge in [-0.15, -0.1) is 0 Å². The summed E-state index contributed by atoms with van der Waals surface area (Å²) >= 11 is 0. The van der Waals surface area contributed by atoms with Gasteiger partial charge in [-0.25, -0.2) is 0 Å². The number of hydrogen-bond donors (Lipinski definition) is 3. The molecule has 3 N–H and O–H groups in total. The molecule has 0 aliphatic heterocycles. The van der Waals surface area contributed by atoms with E-state index in [0.29, 0.717) is 13.0 Å². The van der Waals surface area contributed by atoms with Gasteiger partial charge < -0.3 is 15.7 Å². The molecule has 0 aliphatic rings. The van der Waals surface area contributed by atoms with Crippen LogP contribution in [0.3, 0.4) is 0 Å². The van der Waals surface area contributed by atoms with Gasteiger partial charge in [0.1, 0.15) is 0 Å². The van der Waals surface area contributed by atoms with Crippen LogP contribution in [0, 0.1) is 11.8 Å². The minimum Gasteiger partial charge on any atom is -0.395 e. The minimum absolute atomic E-state index is 0.0138. The van der Waals surface area contributed by atoms with Gasteiger partial charge in [0.2, 0.25) is 11.8 Å². The lowest BCUT2D eigenvalue weighted by Gasteiger charge is -2.05. The lowest BCUT2D eigenvalue weighted by atomic mass is 10.1. The Hall–Kier alpha value is -2.32. The predicted octanol–water partition coefficient (Wildman–Crippen LogP) is 0.173. The largest absolute Gasteiger partial charge is 0.395 e. The number of amides is 2. The van der Waals surface area contributed by atoms with Crippen LogP contribution in [0.15, 0.2) is 24.3 Å². The zero-order valence-corrected chi connectivity index (χ0v) is 11.4. The van der Waals surface area contributed by atoms with E-state index < -0.39 is 0 Å². The average Bonchev–Trinajstić information content (AvgIpc) is 2.44. The minimum atomic E-state index is -0.231. The standard InChI is InChI=1S/C15H18N2O3/c1-12(19)16-11-15(20)17-10-14-7-5-13(6-8-14)4-2-3-9-18/h5-8,18H,3,9-11H2,1H3,(H,16,19)(H,17,20). The van der Waals surface area contributed by atoms with E-state index in [2.05, 4.69) is 22.5 Å². The molecular weight excluding hydrogens is 256 g/mol. The monoisotopic (exact) mass is 274 g/mol. The first kappa shape index (κ1) is 15.7. The van der Waals surface area contributed by atoms with Gasteiger partial charge in [-0.05, 0) is 17.7 Å². The molecule has 106 valence electrons. The Morgan fingerprint density at radius 2 is 1.90 bits per heavy atom. The van der Waals surface area contributed by atoms with Gasteiger partial charge in [0, 0.05) is 25.5 Å². The molecule has 0 heterocycles. The Labute approximate surface area is 118 Å². The maximum absolute atomic E-state index is 11.4. The second-order valence-electron chi connectivity index (χ2n) is 4.16. The topological polar surface area (TPSA) is 78.4 Å². The van der Waals surface area contributed by atoms with Crippen molar-refractivity contribution in [3.8, 4) is 11.8 Å².